The summed E-state index contributed by atoms with van der Waals surface area (Å²) in [5, 5.41) is 0. The van der Waals surface area contributed by atoms with E-state index < -0.39 is 0 Å². The van der Waals surface area contributed by atoms with Crippen molar-refractivity contribution in [3.8, 4) is 0 Å². The third-order valence-electron chi connectivity index (χ3n) is 1.64. The third kappa shape index (κ3) is 4.22. The standard InChI is InChI=1S/C8H17N/c1-3-8(4-2)6-5-7-9/h3,8H,1,4-7,9H2,2H3. The fourth-order valence-electron chi connectivity index (χ4n) is 0.869. The van der Waals surface area contributed by atoms with Crippen LogP contribution >= 0.6 is 0 Å². The minimum absolute atomic E-state index is 0.688. The molecule has 2 N–H and O–H groups in total. The van der Waals surface area contributed by atoms with E-state index in [0.29, 0.717) is 5.92 Å². The van der Waals surface area contributed by atoms with Crippen molar-refractivity contribution in [2.75, 3.05) is 6.54 Å². The molecule has 1 atom stereocenters. The van der Waals surface area contributed by atoms with E-state index in [2.05, 4.69) is 13.5 Å². The van der Waals surface area contributed by atoms with Gasteiger partial charge in [0, 0.05) is 0 Å². The number of hydrogen-bond donors (Lipinski definition) is 1. The lowest BCUT2D eigenvalue weighted by Gasteiger charge is -2.06. The molecule has 1 nitrogen and oxygen atoms in total. The lowest BCUT2D eigenvalue weighted by Crippen LogP contribution is -2.02. The summed E-state index contributed by atoms with van der Waals surface area (Å²) in [6.45, 7) is 6.74. The maximum Gasteiger partial charge on any atom is -0.00771 e. The van der Waals surface area contributed by atoms with Crippen LogP contribution in [0.4, 0.5) is 0 Å². The average Bonchev–Trinajstić information content (AvgIpc) is 1.91. The normalized spacial score (nSPS) is 13.1. The molecular weight excluding hydrogens is 110 g/mol. The Labute approximate surface area is 57.9 Å². The fourth-order valence-corrected chi connectivity index (χ4v) is 0.869. The molecule has 0 spiro atoms. The molecule has 9 heavy (non-hydrogen) atoms. The third-order valence-corrected chi connectivity index (χ3v) is 1.64. The Hall–Kier alpha value is -0.300. The Morgan fingerprint density at radius 3 is 2.67 bits per heavy atom. The Kier molecular flexibility index (Phi) is 5.64. The van der Waals surface area contributed by atoms with Crippen LogP contribution in [0.15, 0.2) is 12.7 Å². The zero-order valence-corrected chi connectivity index (χ0v) is 6.27. The molecule has 0 saturated carbocycles. The van der Waals surface area contributed by atoms with E-state index in [-0.39, 0.29) is 0 Å². The number of rotatable bonds is 5. The van der Waals surface area contributed by atoms with E-state index in [1.807, 2.05) is 6.08 Å². The van der Waals surface area contributed by atoms with Crippen molar-refractivity contribution in [2.24, 2.45) is 11.7 Å². The molecule has 0 amide bonds. The number of allylic oxidation sites excluding steroid dienone is 1. The van der Waals surface area contributed by atoms with Gasteiger partial charge < -0.3 is 5.73 Å². The molecule has 0 bridgehead atoms. The molecule has 0 aromatic rings. The molecule has 0 saturated heterocycles. The summed E-state index contributed by atoms with van der Waals surface area (Å²) in [6.07, 6.45) is 5.56. The Balaban J connectivity index is 3.20. The molecule has 0 fully saturated rings. The van der Waals surface area contributed by atoms with E-state index in [1.54, 1.807) is 0 Å². The van der Waals surface area contributed by atoms with Gasteiger partial charge in [0.25, 0.3) is 0 Å². The molecule has 0 aliphatic rings. The highest BCUT2D eigenvalue weighted by Gasteiger charge is 1.97. The van der Waals surface area contributed by atoms with Crippen molar-refractivity contribution in [1.29, 1.82) is 0 Å². The zero-order chi connectivity index (χ0) is 7.11. The van der Waals surface area contributed by atoms with Crippen LogP contribution < -0.4 is 5.73 Å². The Morgan fingerprint density at radius 1 is 1.67 bits per heavy atom. The second kappa shape index (κ2) is 5.83. The smallest absolute Gasteiger partial charge is 0.00771 e. The van der Waals surface area contributed by atoms with Crippen molar-refractivity contribution >= 4 is 0 Å². The minimum Gasteiger partial charge on any atom is -0.330 e. The quantitative estimate of drug-likeness (QED) is 0.561. The first-order valence-electron chi connectivity index (χ1n) is 3.67. The monoisotopic (exact) mass is 127 g/mol. The average molecular weight is 127 g/mol. The van der Waals surface area contributed by atoms with Gasteiger partial charge in [-0.1, -0.05) is 13.0 Å². The highest BCUT2D eigenvalue weighted by Crippen LogP contribution is 2.10. The molecule has 0 radical (unpaired) electrons. The van der Waals surface area contributed by atoms with Crippen molar-refractivity contribution in [2.45, 2.75) is 26.2 Å². The topological polar surface area (TPSA) is 26.0 Å². The van der Waals surface area contributed by atoms with Gasteiger partial charge in [0.05, 0.1) is 0 Å². The molecule has 0 aromatic carbocycles. The van der Waals surface area contributed by atoms with Crippen LogP contribution in [0.2, 0.25) is 0 Å². The summed E-state index contributed by atoms with van der Waals surface area (Å²) in [6, 6.07) is 0. The second-order valence-electron chi connectivity index (χ2n) is 2.33. The van der Waals surface area contributed by atoms with Gasteiger partial charge in [0.15, 0.2) is 0 Å². The highest BCUT2D eigenvalue weighted by molar-refractivity contribution is 4.77. The predicted octanol–water partition coefficient (Wildman–Crippen LogP) is 1.94. The van der Waals surface area contributed by atoms with E-state index >= 15 is 0 Å². The lowest BCUT2D eigenvalue weighted by molar-refractivity contribution is 0.551. The minimum atomic E-state index is 0.688. The first kappa shape index (κ1) is 8.70. The summed E-state index contributed by atoms with van der Waals surface area (Å²) in [7, 11) is 0. The SMILES string of the molecule is C=CC(CC)CCCN. The summed E-state index contributed by atoms with van der Waals surface area (Å²) in [5.74, 6) is 0.688. The molecule has 0 aromatic heterocycles. The van der Waals surface area contributed by atoms with Crippen LogP contribution in [0, 0.1) is 5.92 Å². The molecule has 1 heteroatoms. The van der Waals surface area contributed by atoms with Crippen LogP contribution in [-0.2, 0) is 0 Å². The molecular formula is C8H17N. The van der Waals surface area contributed by atoms with Crippen LogP contribution in [0.3, 0.4) is 0 Å². The largest absolute Gasteiger partial charge is 0.330 e. The van der Waals surface area contributed by atoms with Crippen LogP contribution in [0.25, 0.3) is 0 Å². The lowest BCUT2D eigenvalue weighted by atomic mass is 10.0. The van der Waals surface area contributed by atoms with Crippen molar-refractivity contribution < 1.29 is 0 Å². The van der Waals surface area contributed by atoms with Crippen molar-refractivity contribution in [3.63, 3.8) is 0 Å². The summed E-state index contributed by atoms with van der Waals surface area (Å²) >= 11 is 0. The summed E-state index contributed by atoms with van der Waals surface area (Å²) < 4.78 is 0. The van der Waals surface area contributed by atoms with E-state index in [0.717, 1.165) is 13.0 Å². The summed E-state index contributed by atoms with van der Waals surface area (Å²) in [4.78, 5) is 0. The van der Waals surface area contributed by atoms with Gasteiger partial charge in [0.2, 0.25) is 0 Å². The molecule has 0 aliphatic heterocycles. The fraction of sp³-hybridized carbons (Fsp3) is 0.750. The van der Waals surface area contributed by atoms with Gasteiger partial charge in [-0.3, -0.25) is 0 Å². The maximum absolute atomic E-state index is 5.35. The summed E-state index contributed by atoms with van der Waals surface area (Å²) in [5.41, 5.74) is 5.35. The molecule has 1 unspecified atom stereocenters. The van der Waals surface area contributed by atoms with Crippen molar-refractivity contribution in [3.05, 3.63) is 12.7 Å². The van der Waals surface area contributed by atoms with Gasteiger partial charge in [-0.25, -0.2) is 0 Å². The van der Waals surface area contributed by atoms with Gasteiger partial charge in [-0.15, -0.1) is 6.58 Å². The van der Waals surface area contributed by atoms with E-state index in [9.17, 15) is 0 Å². The number of nitrogens with two attached hydrogens (primary N) is 1. The molecule has 0 aliphatic carbocycles. The van der Waals surface area contributed by atoms with Gasteiger partial charge in [0.1, 0.15) is 0 Å². The van der Waals surface area contributed by atoms with Crippen LogP contribution in [-0.4, -0.2) is 6.54 Å². The zero-order valence-electron chi connectivity index (χ0n) is 6.27. The second-order valence-corrected chi connectivity index (χ2v) is 2.33. The first-order valence-corrected chi connectivity index (χ1v) is 3.67. The van der Waals surface area contributed by atoms with Gasteiger partial charge in [-0.05, 0) is 31.7 Å². The van der Waals surface area contributed by atoms with Gasteiger partial charge in [-0.2, -0.15) is 0 Å². The highest BCUT2D eigenvalue weighted by atomic mass is 14.5. The van der Waals surface area contributed by atoms with E-state index in [4.69, 9.17) is 5.73 Å². The van der Waals surface area contributed by atoms with E-state index in [1.165, 1.54) is 12.8 Å². The maximum atomic E-state index is 5.35. The number of hydrogen-bond acceptors (Lipinski definition) is 1. The molecule has 0 heterocycles. The molecule has 54 valence electrons. The predicted molar refractivity (Wildman–Crippen MR) is 42.3 cm³/mol. The van der Waals surface area contributed by atoms with Gasteiger partial charge >= 0.3 is 0 Å². The first-order chi connectivity index (χ1) is 4.35. The van der Waals surface area contributed by atoms with Crippen LogP contribution in [0.1, 0.15) is 26.2 Å². The van der Waals surface area contributed by atoms with Crippen molar-refractivity contribution in [1.82, 2.24) is 0 Å². The molecule has 0 rings (SSSR count). The van der Waals surface area contributed by atoms with Crippen LogP contribution in [0.5, 0.6) is 0 Å². The Morgan fingerprint density at radius 2 is 2.33 bits per heavy atom. The Bertz CT molecular complexity index is 69.0.